The molecule has 1 fully saturated rings. The summed E-state index contributed by atoms with van der Waals surface area (Å²) in [5.41, 5.74) is 4.71. The lowest BCUT2D eigenvalue weighted by atomic mass is 9.94. The quantitative estimate of drug-likeness (QED) is 0.784. The summed E-state index contributed by atoms with van der Waals surface area (Å²) >= 11 is 0. The Balaban J connectivity index is 1.40. The van der Waals surface area contributed by atoms with E-state index in [0.717, 1.165) is 63.1 Å². The van der Waals surface area contributed by atoms with Crippen molar-refractivity contribution in [3.05, 3.63) is 47.0 Å². The fraction of sp³-hybridized carbons (Fsp3) is 0.583. The van der Waals surface area contributed by atoms with Gasteiger partial charge in [-0.05, 0) is 87.9 Å². The third kappa shape index (κ3) is 4.43. The molecule has 1 aromatic carbocycles. The zero-order valence-corrected chi connectivity index (χ0v) is 18.3. The molecule has 30 heavy (non-hydrogen) atoms. The molecule has 1 amide bonds. The Morgan fingerprint density at radius 3 is 2.53 bits per heavy atom. The van der Waals surface area contributed by atoms with E-state index in [-0.39, 0.29) is 23.7 Å². The van der Waals surface area contributed by atoms with Gasteiger partial charge in [-0.15, -0.1) is 0 Å². The topological polar surface area (TPSA) is 50.2 Å². The van der Waals surface area contributed by atoms with E-state index in [2.05, 4.69) is 31.0 Å². The Labute approximate surface area is 178 Å². The van der Waals surface area contributed by atoms with Crippen LogP contribution in [-0.2, 0) is 24.2 Å². The van der Waals surface area contributed by atoms with Gasteiger partial charge in [0, 0.05) is 24.2 Å². The SMILES string of the molecule is CC(C)C(C)NC(=O)C1CCN(Cc2nn(-c3ccc(F)cc3)c3c2CCC3)CC1. The number of amides is 1. The molecule has 1 aliphatic heterocycles. The Morgan fingerprint density at radius 1 is 1.17 bits per heavy atom. The molecule has 2 aromatic rings. The van der Waals surface area contributed by atoms with E-state index in [1.54, 1.807) is 12.1 Å². The van der Waals surface area contributed by atoms with Gasteiger partial charge in [-0.1, -0.05) is 13.8 Å². The second-order valence-electron chi connectivity index (χ2n) is 9.21. The van der Waals surface area contributed by atoms with E-state index in [1.165, 1.54) is 23.4 Å². The standard InChI is InChI=1S/C24H33FN4O/c1-16(2)17(3)26-24(30)18-11-13-28(14-12-18)15-22-21-5-4-6-23(21)29(27-22)20-9-7-19(25)8-10-20/h7-10,16-18H,4-6,11-15H2,1-3H3,(H,26,30). The van der Waals surface area contributed by atoms with Crippen LogP contribution >= 0.6 is 0 Å². The first-order chi connectivity index (χ1) is 14.4. The van der Waals surface area contributed by atoms with Crippen LogP contribution in [0.4, 0.5) is 4.39 Å². The van der Waals surface area contributed by atoms with Gasteiger partial charge in [-0.25, -0.2) is 9.07 Å². The van der Waals surface area contributed by atoms with E-state index in [1.807, 2.05) is 4.68 Å². The lowest BCUT2D eigenvalue weighted by Crippen LogP contribution is -2.44. The molecule has 4 rings (SSSR count). The molecular formula is C24H33FN4O. The van der Waals surface area contributed by atoms with Gasteiger partial charge in [0.25, 0.3) is 0 Å². The van der Waals surface area contributed by atoms with Gasteiger partial charge in [0.1, 0.15) is 5.82 Å². The first-order valence-electron chi connectivity index (χ1n) is 11.3. The van der Waals surface area contributed by atoms with Crippen LogP contribution in [0.2, 0.25) is 0 Å². The third-order valence-electron chi connectivity index (χ3n) is 6.79. The number of carbonyl (C=O) groups excluding carboxylic acids is 1. The Morgan fingerprint density at radius 2 is 1.87 bits per heavy atom. The van der Waals surface area contributed by atoms with Gasteiger partial charge in [0.15, 0.2) is 0 Å². The number of hydrogen-bond acceptors (Lipinski definition) is 3. The number of benzene rings is 1. The first-order valence-corrected chi connectivity index (χ1v) is 11.3. The van der Waals surface area contributed by atoms with E-state index in [9.17, 15) is 9.18 Å². The molecule has 1 unspecified atom stereocenters. The van der Waals surface area contributed by atoms with Crippen molar-refractivity contribution < 1.29 is 9.18 Å². The summed E-state index contributed by atoms with van der Waals surface area (Å²) < 4.78 is 15.3. The van der Waals surface area contributed by atoms with Crippen LogP contribution in [0.1, 0.15) is 57.0 Å². The molecule has 1 aliphatic carbocycles. The van der Waals surface area contributed by atoms with Crippen molar-refractivity contribution in [2.45, 2.75) is 65.5 Å². The largest absolute Gasteiger partial charge is 0.353 e. The highest BCUT2D eigenvalue weighted by Crippen LogP contribution is 2.29. The molecule has 1 N–H and O–H groups in total. The van der Waals surface area contributed by atoms with E-state index >= 15 is 0 Å². The maximum absolute atomic E-state index is 13.3. The van der Waals surface area contributed by atoms with Crippen molar-refractivity contribution in [2.75, 3.05) is 13.1 Å². The molecule has 2 aliphatic rings. The summed E-state index contributed by atoms with van der Waals surface area (Å²) in [6.07, 6.45) is 5.04. The lowest BCUT2D eigenvalue weighted by molar-refractivity contribution is -0.127. The summed E-state index contributed by atoms with van der Waals surface area (Å²) in [7, 11) is 0. The summed E-state index contributed by atoms with van der Waals surface area (Å²) in [6, 6.07) is 6.80. The Hall–Kier alpha value is -2.21. The van der Waals surface area contributed by atoms with Crippen molar-refractivity contribution in [1.82, 2.24) is 20.0 Å². The summed E-state index contributed by atoms with van der Waals surface area (Å²) in [6.45, 7) is 9.02. The molecule has 0 saturated carbocycles. The van der Waals surface area contributed by atoms with Crippen LogP contribution in [0.15, 0.2) is 24.3 Å². The minimum Gasteiger partial charge on any atom is -0.353 e. The molecular weight excluding hydrogens is 379 g/mol. The number of fused-ring (bicyclic) bond motifs is 1. The normalized spacial score (nSPS) is 18.6. The molecule has 1 saturated heterocycles. The highest BCUT2D eigenvalue weighted by atomic mass is 19.1. The van der Waals surface area contributed by atoms with Crippen LogP contribution in [0, 0.1) is 17.7 Å². The van der Waals surface area contributed by atoms with E-state index in [0.29, 0.717) is 5.92 Å². The first kappa shape index (κ1) is 21.0. The Bertz CT molecular complexity index is 881. The van der Waals surface area contributed by atoms with Crippen molar-refractivity contribution >= 4 is 5.91 Å². The average molecular weight is 413 g/mol. The average Bonchev–Trinajstić information content (AvgIpc) is 3.33. The van der Waals surface area contributed by atoms with Crippen LogP contribution in [0.25, 0.3) is 5.69 Å². The monoisotopic (exact) mass is 412 g/mol. The van der Waals surface area contributed by atoms with Crippen LogP contribution < -0.4 is 5.32 Å². The van der Waals surface area contributed by atoms with Crippen molar-refractivity contribution in [3.63, 3.8) is 0 Å². The predicted molar refractivity (Wildman–Crippen MR) is 116 cm³/mol. The highest BCUT2D eigenvalue weighted by Gasteiger charge is 2.29. The molecule has 1 aromatic heterocycles. The Kier molecular flexibility index (Phi) is 6.23. The lowest BCUT2D eigenvalue weighted by Gasteiger charge is -2.32. The van der Waals surface area contributed by atoms with Crippen LogP contribution in [-0.4, -0.2) is 39.7 Å². The predicted octanol–water partition coefficient (Wildman–Crippen LogP) is 3.87. The van der Waals surface area contributed by atoms with Crippen molar-refractivity contribution in [3.8, 4) is 5.69 Å². The summed E-state index contributed by atoms with van der Waals surface area (Å²) in [5.74, 6) is 0.548. The van der Waals surface area contributed by atoms with Gasteiger partial charge in [0.2, 0.25) is 5.91 Å². The molecule has 5 nitrogen and oxygen atoms in total. The van der Waals surface area contributed by atoms with E-state index < -0.39 is 0 Å². The number of piperidine rings is 1. The maximum Gasteiger partial charge on any atom is 0.223 e. The number of carbonyl (C=O) groups is 1. The molecule has 0 radical (unpaired) electrons. The number of nitrogens with zero attached hydrogens (tertiary/aromatic N) is 3. The molecule has 2 heterocycles. The minimum absolute atomic E-state index is 0.116. The van der Waals surface area contributed by atoms with Gasteiger partial charge in [-0.2, -0.15) is 5.10 Å². The second-order valence-corrected chi connectivity index (χ2v) is 9.21. The van der Waals surface area contributed by atoms with Crippen molar-refractivity contribution in [1.29, 1.82) is 0 Å². The fourth-order valence-electron chi connectivity index (χ4n) is 4.51. The molecule has 1 atom stereocenters. The minimum atomic E-state index is -0.225. The smallest absolute Gasteiger partial charge is 0.223 e. The van der Waals surface area contributed by atoms with Crippen molar-refractivity contribution in [2.24, 2.45) is 11.8 Å². The highest BCUT2D eigenvalue weighted by molar-refractivity contribution is 5.79. The number of aromatic nitrogens is 2. The number of hydrogen-bond donors (Lipinski definition) is 1. The number of likely N-dealkylation sites (tertiary alicyclic amines) is 1. The molecule has 162 valence electrons. The number of halogens is 1. The summed E-state index contributed by atoms with van der Waals surface area (Å²) in [4.78, 5) is 15.0. The maximum atomic E-state index is 13.3. The van der Waals surface area contributed by atoms with Crippen LogP contribution in [0.3, 0.4) is 0 Å². The zero-order valence-electron chi connectivity index (χ0n) is 18.3. The molecule has 0 bridgehead atoms. The van der Waals surface area contributed by atoms with Gasteiger partial charge in [-0.3, -0.25) is 9.69 Å². The number of nitrogens with one attached hydrogen (secondary N) is 1. The van der Waals surface area contributed by atoms with Gasteiger partial charge >= 0.3 is 0 Å². The second kappa shape index (κ2) is 8.88. The molecule has 0 spiro atoms. The van der Waals surface area contributed by atoms with Gasteiger partial charge < -0.3 is 5.32 Å². The molecule has 6 heteroatoms. The van der Waals surface area contributed by atoms with E-state index in [4.69, 9.17) is 5.10 Å². The number of rotatable bonds is 6. The van der Waals surface area contributed by atoms with Gasteiger partial charge in [0.05, 0.1) is 11.4 Å². The third-order valence-corrected chi connectivity index (χ3v) is 6.79. The fourth-order valence-corrected chi connectivity index (χ4v) is 4.51. The summed E-state index contributed by atoms with van der Waals surface area (Å²) in [5, 5.41) is 8.09. The van der Waals surface area contributed by atoms with Crippen LogP contribution in [0.5, 0.6) is 0 Å². The zero-order chi connectivity index (χ0) is 21.3.